The number of nitrogens with zero attached hydrogens (tertiary/aromatic N) is 2. The van der Waals surface area contributed by atoms with E-state index in [1.54, 1.807) is 17.7 Å². The van der Waals surface area contributed by atoms with Crippen LogP contribution in [0.2, 0.25) is 0 Å². The van der Waals surface area contributed by atoms with E-state index in [0.29, 0.717) is 24.8 Å². The number of carboxylic acid groups (broad SMARTS) is 1. The first-order chi connectivity index (χ1) is 9.58. The van der Waals surface area contributed by atoms with Crippen LogP contribution >= 0.6 is 23.2 Å². The molecule has 6 heteroatoms. The fourth-order valence-electron chi connectivity index (χ4n) is 2.31. The smallest absolute Gasteiger partial charge is 0.352 e. The van der Waals surface area contributed by atoms with E-state index >= 15 is 0 Å². The molecule has 20 heavy (non-hydrogen) atoms. The normalized spacial score (nSPS) is 10.9. The lowest BCUT2D eigenvalue weighted by Crippen LogP contribution is -2.27. The van der Waals surface area contributed by atoms with Crippen LogP contribution in [0.1, 0.15) is 10.5 Å². The van der Waals surface area contributed by atoms with Crippen molar-refractivity contribution in [2.75, 3.05) is 29.7 Å². The minimum Gasteiger partial charge on any atom is -0.477 e. The Hall–Kier alpha value is -1.39. The molecule has 0 spiro atoms. The van der Waals surface area contributed by atoms with Crippen molar-refractivity contribution in [1.29, 1.82) is 0 Å². The number of hydrogen-bond donors (Lipinski definition) is 1. The molecule has 0 bridgehead atoms. The van der Waals surface area contributed by atoms with Gasteiger partial charge in [-0.1, -0.05) is 0 Å². The summed E-state index contributed by atoms with van der Waals surface area (Å²) < 4.78 is 1.68. The fourth-order valence-corrected chi connectivity index (χ4v) is 2.72. The first-order valence-corrected chi connectivity index (χ1v) is 7.35. The van der Waals surface area contributed by atoms with Gasteiger partial charge >= 0.3 is 5.97 Å². The van der Waals surface area contributed by atoms with E-state index in [4.69, 9.17) is 28.3 Å². The minimum absolute atomic E-state index is 0.276. The van der Waals surface area contributed by atoms with Gasteiger partial charge in [-0.3, -0.25) is 0 Å². The van der Waals surface area contributed by atoms with Crippen molar-refractivity contribution < 1.29 is 9.90 Å². The zero-order valence-electron chi connectivity index (χ0n) is 11.1. The van der Waals surface area contributed by atoms with Crippen molar-refractivity contribution in [2.24, 2.45) is 7.05 Å². The molecule has 1 aromatic heterocycles. The summed E-state index contributed by atoms with van der Waals surface area (Å²) in [7, 11) is 1.75. The summed E-state index contributed by atoms with van der Waals surface area (Å²) in [6.07, 6.45) is 0. The third kappa shape index (κ3) is 2.86. The average Bonchev–Trinajstić information content (AvgIpc) is 2.75. The molecule has 1 heterocycles. The van der Waals surface area contributed by atoms with Crippen LogP contribution in [0, 0.1) is 0 Å². The van der Waals surface area contributed by atoms with Gasteiger partial charge < -0.3 is 14.6 Å². The van der Waals surface area contributed by atoms with Gasteiger partial charge in [0.15, 0.2) is 0 Å². The summed E-state index contributed by atoms with van der Waals surface area (Å²) in [6, 6.07) is 7.54. The molecule has 0 unspecified atom stereocenters. The molecule has 0 saturated carbocycles. The zero-order chi connectivity index (χ0) is 14.7. The van der Waals surface area contributed by atoms with Crippen molar-refractivity contribution in [3.8, 4) is 0 Å². The molecule has 108 valence electrons. The molecule has 0 amide bonds. The number of aromatic carboxylic acids is 1. The number of alkyl halides is 2. The first kappa shape index (κ1) is 15.0. The monoisotopic (exact) mass is 314 g/mol. The second kappa shape index (κ2) is 6.37. The Labute approximate surface area is 127 Å². The topological polar surface area (TPSA) is 45.5 Å². The molecule has 0 saturated heterocycles. The van der Waals surface area contributed by atoms with Crippen LogP contribution in [0.25, 0.3) is 10.9 Å². The molecule has 2 aromatic rings. The molecule has 4 nitrogen and oxygen atoms in total. The highest BCUT2D eigenvalue weighted by atomic mass is 35.5. The Balaban J connectivity index is 2.44. The maximum atomic E-state index is 11.1. The number of benzene rings is 1. The standard InChI is InChI=1S/C14H16Cl2N2O2/c1-17-12-3-2-11(18(6-4-15)7-5-16)8-10(12)9-13(17)14(19)20/h2-3,8-9H,4-7H2,1H3,(H,19,20). The lowest BCUT2D eigenvalue weighted by Gasteiger charge is -2.22. The number of carbonyl (C=O) groups is 1. The Morgan fingerprint density at radius 2 is 1.90 bits per heavy atom. The van der Waals surface area contributed by atoms with Crippen LogP contribution in [0.15, 0.2) is 24.3 Å². The van der Waals surface area contributed by atoms with E-state index < -0.39 is 5.97 Å². The summed E-state index contributed by atoms with van der Waals surface area (Å²) in [4.78, 5) is 13.2. The third-order valence-electron chi connectivity index (χ3n) is 3.32. The second-order valence-electron chi connectivity index (χ2n) is 4.50. The summed E-state index contributed by atoms with van der Waals surface area (Å²) >= 11 is 11.6. The number of rotatable bonds is 6. The lowest BCUT2D eigenvalue weighted by molar-refractivity contribution is 0.0687. The van der Waals surface area contributed by atoms with E-state index in [-0.39, 0.29) is 5.69 Å². The number of carboxylic acids is 1. The molecular formula is C14H16Cl2N2O2. The highest BCUT2D eigenvalue weighted by molar-refractivity contribution is 6.18. The number of anilines is 1. The zero-order valence-corrected chi connectivity index (χ0v) is 12.7. The van der Waals surface area contributed by atoms with Crippen molar-refractivity contribution in [2.45, 2.75) is 0 Å². The Bertz CT molecular complexity index is 619. The first-order valence-electron chi connectivity index (χ1n) is 6.28. The van der Waals surface area contributed by atoms with Crippen molar-refractivity contribution >= 4 is 45.8 Å². The summed E-state index contributed by atoms with van der Waals surface area (Å²) in [5.41, 5.74) is 2.17. The predicted octanol–water partition coefficient (Wildman–Crippen LogP) is 3.16. The van der Waals surface area contributed by atoms with Gasteiger partial charge in [-0.05, 0) is 24.3 Å². The molecule has 2 rings (SSSR count). The number of aromatic nitrogens is 1. The number of fused-ring (bicyclic) bond motifs is 1. The van der Waals surface area contributed by atoms with E-state index in [1.807, 2.05) is 18.2 Å². The Kier molecular flexibility index (Phi) is 4.78. The molecule has 1 aromatic carbocycles. The van der Waals surface area contributed by atoms with Crippen LogP contribution in [0.5, 0.6) is 0 Å². The van der Waals surface area contributed by atoms with E-state index in [1.165, 1.54) is 0 Å². The number of halogens is 2. The Morgan fingerprint density at radius 3 is 2.45 bits per heavy atom. The summed E-state index contributed by atoms with van der Waals surface area (Å²) in [5, 5.41) is 10.0. The number of aryl methyl sites for hydroxylation is 1. The largest absolute Gasteiger partial charge is 0.477 e. The quantitative estimate of drug-likeness (QED) is 0.833. The lowest BCUT2D eigenvalue weighted by atomic mass is 10.2. The highest BCUT2D eigenvalue weighted by Gasteiger charge is 2.13. The van der Waals surface area contributed by atoms with Crippen molar-refractivity contribution in [3.63, 3.8) is 0 Å². The van der Waals surface area contributed by atoms with E-state index in [0.717, 1.165) is 16.6 Å². The fraction of sp³-hybridized carbons (Fsp3) is 0.357. The molecule has 0 aliphatic carbocycles. The molecular weight excluding hydrogens is 299 g/mol. The van der Waals surface area contributed by atoms with Gasteiger partial charge in [0.2, 0.25) is 0 Å². The Morgan fingerprint density at radius 1 is 1.25 bits per heavy atom. The van der Waals surface area contributed by atoms with Gasteiger partial charge in [0, 0.05) is 48.5 Å². The summed E-state index contributed by atoms with van der Waals surface area (Å²) in [6.45, 7) is 1.41. The average molecular weight is 315 g/mol. The van der Waals surface area contributed by atoms with Crippen molar-refractivity contribution in [1.82, 2.24) is 4.57 Å². The molecule has 0 aliphatic rings. The minimum atomic E-state index is -0.927. The molecule has 0 radical (unpaired) electrons. The van der Waals surface area contributed by atoms with E-state index in [2.05, 4.69) is 4.90 Å². The SMILES string of the molecule is Cn1c(C(=O)O)cc2cc(N(CCCl)CCCl)ccc21. The van der Waals surface area contributed by atoms with Gasteiger partial charge in [-0.15, -0.1) is 23.2 Å². The van der Waals surface area contributed by atoms with Crippen LogP contribution in [0.3, 0.4) is 0 Å². The van der Waals surface area contributed by atoms with Gasteiger partial charge in [0.1, 0.15) is 5.69 Å². The van der Waals surface area contributed by atoms with Crippen LogP contribution in [0.4, 0.5) is 5.69 Å². The van der Waals surface area contributed by atoms with Gasteiger partial charge in [0.05, 0.1) is 0 Å². The maximum Gasteiger partial charge on any atom is 0.352 e. The molecule has 0 atom stereocenters. The third-order valence-corrected chi connectivity index (χ3v) is 3.66. The summed E-state index contributed by atoms with van der Waals surface area (Å²) in [5.74, 6) is 0.109. The molecule has 1 N–H and O–H groups in total. The van der Waals surface area contributed by atoms with Gasteiger partial charge in [0.25, 0.3) is 0 Å². The highest BCUT2D eigenvalue weighted by Crippen LogP contribution is 2.25. The maximum absolute atomic E-state index is 11.1. The van der Waals surface area contributed by atoms with Gasteiger partial charge in [-0.25, -0.2) is 4.79 Å². The van der Waals surface area contributed by atoms with Crippen molar-refractivity contribution in [3.05, 3.63) is 30.0 Å². The molecule has 0 aliphatic heterocycles. The van der Waals surface area contributed by atoms with Crippen LogP contribution < -0.4 is 4.90 Å². The van der Waals surface area contributed by atoms with E-state index in [9.17, 15) is 4.79 Å². The predicted molar refractivity (Wildman–Crippen MR) is 83.5 cm³/mol. The number of hydrogen-bond acceptors (Lipinski definition) is 2. The van der Waals surface area contributed by atoms with Gasteiger partial charge in [-0.2, -0.15) is 0 Å². The second-order valence-corrected chi connectivity index (χ2v) is 5.26. The van der Waals surface area contributed by atoms with Crippen LogP contribution in [-0.4, -0.2) is 40.5 Å². The van der Waals surface area contributed by atoms with Crippen LogP contribution in [-0.2, 0) is 7.05 Å². The molecule has 0 fully saturated rings.